The molecular formula is C18H23NO. The molecule has 106 valence electrons. The Morgan fingerprint density at radius 3 is 2.30 bits per heavy atom. The lowest BCUT2D eigenvalue weighted by molar-refractivity contribution is 0.108. The van der Waals surface area contributed by atoms with Crippen molar-refractivity contribution >= 4 is 0 Å². The molecule has 2 aromatic rings. The standard InChI is InChI=1S/C18H23NO/c1-2-6-15-9-11-17(12-10-15)18(19)14-20-13-16-7-4-3-5-8-16/h3-5,7-12,18H,2,6,13-14,19H2,1H3. The first-order valence-corrected chi connectivity index (χ1v) is 7.25. The van der Waals surface area contributed by atoms with Crippen LogP contribution in [0.1, 0.15) is 36.1 Å². The number of aryl methyl sites for hydroxylation is 1. The van der Waals surface area contributed by atoms with Crippen LogP contribution in [0.25, 0.3) is 0 Å². The van der Waals surface area contributed by atoms with Gasteiger partial charge in [0.1, 0.15) is 0 Å². The van der Waals surface area contributed by atoms with E-state index in [0.717, 1.165) is 12.0 Å². The highest BCUT2D eigenvalue weighted by Gasteiger charge is 2.06. The third kappa shape index (κ3) is 4.48. The molecule has 2 rings (SSSR count). The van der Waals surface area contributed by atoms with E-state index in [9.17, 15) is 0 Å². The van der Waals surface area contributed by atoms with Gasteiger partial charge in [0.25, 0.3) is 0 Å². The first-order valence-electron chi connectivity index (χ1n) is 7.25. The summed E-state index contributed by atoms with van der Waals surface area (Å²) in [5, 5.41) is 0. The fourth-order valence-electron chi connectivity index (χ4n) is 2.19. The van der Waals surface area contributed by atoms with Gasteiger partial charge in [-0.15, -0.1) is 0 Å². The summed E-state index contributed by atoms with van der Waals surface area (Å²) < 4.78 is 5.69. The molecule has 0 aromatic heterocycles. The van der Waals surface area contributed by atoms with Gasteiger partial charge in [0.05, 0.1) is 19.3 Å². The van der Waals surface area contributed by atoms with Crippen LogP contribution < -0.4 is 5.73 Å². The fraction of sp³-hybridized carbons (Fsp3) is 0.333. The van der Waals surface area contributed by atoms with Crippen LogP contribution in [0.15, 0.2) is 54.6 Å². The summed E-state index contributed by atoms with van der Waals surface area (Å²) in [6.45, 7) is 3.35. The highest BCUT2D eigenvalue weighted by Crippen LogP contribution is 2.14. The second kappa shape index (κ2) is 7.83. The minimum atomic E-state index is -0.0608. The van der Waals surface area contributed by atoms with Crippen molar-refractivity contribution in [1.29, 1.82) is 0 Å². The topological polar surface area (TPSA) is 35.2 Å². The van der Waals surface area contributed by atoms with Crippen molar-refractivity contribution in [3.8, 4) is 0 Å². The molecule has 2 nitrogen and oxygen atoms in total. The molecule has 0 radical (unpaired) electrons. The van der Waals surface area contributed by atoms with Gasteiger partial charge in [-0.05, 0) is 23.1 Å². The molecule has 20 heavy (non-hydrogen) atoms. The van der Waals surface area contributed by atoms with Gasteiger partial charge in [-0.3, -0.25) is 0 Å². The van der Waals surface area contributed by atoms with E-state index in [-0.39, 0.29) is 6.04 Å². The molecule has 0 heterocycles. The van der Waals surface area contributed by atoms with Crippen LogP contribution in [0.5, 0.6) is 0 Å². The van der Waals surface area contributed by atoms with Crippen molar-refractivity contribution in [2.45, 2.75) is 32.4 Å². The monoisotopic (exact) mass is 269 g/mol. The molecule has 0 amide bonds. The molecule has 2 aromatic carbocycles. The van der Waals surface area contributed by atoms with Gasteiger partial charge in [-0.1, -0.05) is 67.9 Å². The second-order valence-electron chi connectivity index (χ2n) is 5.10. The Balaban J connectivity index is 1.80. The van der Waals surface area contributed by atoms with E-state index in [1.165, 1.54) is 17.5 Å². The summed E-state index contributed by atoms with van der Waals surface area (Å²) in [5.41, 5.74) is 9.84. The van der Waals surface area contributed by atoms with Crippen LogP contribution >= 0.6 is 0 Å². The maximum atomic E-state index is 6.16. The molecule has 0 bridgehead atoms. The minimum Gasteiger partial charge on any atom is -0.375 e. The van der Waals surface area contributed by atoms with Crippen LogP contribution in [-0.4, -0.2) is 6.61 Å². The Labute approximate surface area is 121 Å². The quantitative estimate of drug-likeness (QED) is 0.828. The Morgan fingerprint density at radius 2 is 1.65 bits per heavy atom. The molecule has 2 N–H and O–H groups in total. The Morgan fingerprint density at radius 1 is 0.950 bits per heavy atom. The summed E-state index contributed by atoms with van der Waals surface area (Å²) in [6.07, 6.45) is 2.30. The predicted molar refractivity (Wildman–Crippen MR) is 83.5 cm³/mol. The molecule has 0 saturated carbocycles. The van der Waals surface area contributed by atoms with Gasteiger partial charge in [0.2, 0.25) is 0 Å². The van der Waals surface area contributed by atoms with E-state index < -0.39 is 0 Å². The molecular weight excluding hydrogens is 246 g/mol. The van der Waals surface area contributed by atoms with Crippen LogP contribution in [0.2, 0.25) is 0 Å². The average molecular weight is 269 g/mol. The zero-order valence-corrected chi connectivity index (χ0v) is 12.1. The molecule has 1 atom stereocenters. The molecule has 0 saturated heterocycles. The first-order chi connectivity index (χ1) is 9.79. The molecule has 1 unspecified atom stereocenters. The molecule has 0 aliphatic rings. The Bertz CT molecular complexity index is 493. The number of hydrogen-bond donors (Lipinski definition) is 1. The van der Waals surface area contributed by atoms with E-state index in [0.29, 0.717) is 13.2 Å². The normalized spacial score (nSPS) is 12.3. The molecule has 0 aliphatic carbocycles. The van der Waals surface area contributed by atoms with E-state index >= 15 is 0 Å². The van der Waals surface area contributed by atoms with Crippen molar-refractivity contribution in [2.75, 3.05) is 6.61 Å². The summed E-state index contributed by atoms with van der Waals surface area (Å²) in [6, 6.07) is 18.7. The Kier molecular flexibility index (Phi) is 5.78. The van der Waals surface area contributed by atoms with Crippen molar-refractivity contribution in [3.05, 3.63) is 71.3 Å². The van der Waals surface area contributed by atoms with Crippen LogP contribution in [0.3, 0.4) is 0 Å². The first kappa shape index (κ1) is 14.8. The van der Waals surface area contributed by atoms with Gasteiger partial charge in [0, 0.05) is 0 Å². The predicted octanol–water partition coefficient (Wildman–Crippen LogP) is 3.86. The largest absolute Gasteiger partial charge is 0.375 e. The molecule has 0 spiro atoms. The van der Waals surface area contributed by atoms with Crippen LogP contribution in [0.4, 0.5) is 0 Å². The lowest BCUT2D eigenvalue weighted by Crippen LogP contribution is -2.17. The lowest BCUT2D eigenvalue weighted by Gasteiger charge is -2.13. The fourth-order valence-corrected chi connectivity index (χ4v) is 2.19. The minimum absolute atomic E-state index is 0.0608. The average Bonchev–Trinajstić information content (AvgIpc) is 2.49. The van der Waals surface area contributed by atoms with Gasteiger partial charge in [-0.25, -0.2) is 0 Å². The summed E-state index contributed by atoms with van der Waals surface area (Å²) in [5.74, 6) is 0. The number of benzene rings is 2. The highest BCUT2D eigenvalue weighted by atomic mass is 16.5. The molecule has 0 aliphatic heterocycles. The maximum absolute atomic E-state index is 6.16. The number of rotatable bonds is 7. The van der Waals surface area contributed by atoms with Crippen molar-refractivity contribution in [2.24, 2.45) is 5.73 Å². The maximum Gasteiger partial charge on any atom is 0.0717 e. The van der Waals surface area contributed by atoms with Gasteiger partial charge >= 0.3 is 0 Å². The zero-order valence-electron chi connectivity index (χ0n) is 12.1. The van der Waals surface area contributed by atoms with E-state index in [4.69, 9.17) is 10.5 Å². The number of ether oxygens (including phenoxy) is 1. The SMILES string of the molecule is CCCc1ccc(C(N)COCc2ccccc2)cc1. The van der Waals surface area contributed by atoms with Gasteiger partial charge in [0.15, 0.2) is 0 Å². The third-order valence-electron chi connectivity index (χ3n) is 3.36. The third-order valence-corrected chi connectivity index (χ3v) is 3.36. The summed E-state index contributed by atoms with van der Waals surface area (Å²) in [4.78, 5) is 0. The molecule has 2 heteroatoms. The summed E-state index contributed by atoms with van der Waals surface area (Å²) >= 11 is 0. The smallest absolute Gasteiger partial charge is 0.0717 e. The zero-order chi connectivity index (χ0) is 14.2. The van der Waals surface area contributed by atoms with E-state index in [2.05, 4.69) is 43.3 Å². The number of hydrogen-bond acceptors (Lipinski definition) is 2. The Hall–Kier alpha value is -1.64. The van der Waals surface area contributed by atoms with Gasteiger partial charge in [-0.2, -0.15) is 0 Å². The van der Waals surface area contributed by atoms with Crippen LogP contribution in [0, 0.1) is 0 Å². The lowest BCUT2D eigenvalue weighted by atomic mass is 10.0. The van der Waals surface area contributed by atoms with Crippen molar-refractivity contribution in [1.82, 2.24) is 0 Å². The van der Waals surface area contributed by atoms with Gasteiger partial charge < -0.3 is 10.5 Å². The number of nitrogens with two attached hydrogens (primary N) is 1. The summed E-state index contributed by atoms with van der Waals surface area (Å²) in [7, 11) is 0. The van der Waals surface area contributed by atoms with E-state index in [1.807, 2.05) is 18.2 Å². The molecule has 0 fully saturated rings. The second-order valence-corrected chi connectivity index (χ2v) is 5.10. The highest BCUT2D eigenvalue weighted by molar-refractivity contribution is 5.25. The van der Waals surface area contributed by atoms with E-state index in [1.54, 1.807) is 0 Å². The van der Waals surface area contributed by atoms with Crippen molar-refractivity contribution in [3.63, 3.8) is 0 Å². The van der Waals surface area contributed by atoms with Crippen LogP contribution in [-0.2, 0) is 17.8 Å². The van der Waals surface area contributed by atoms with Crippen molar-refractivity contribution < 1.29 is 4.74 Å².